The number of nitrogens with two attached hydrogens (primary N) is 1. The average Bonchev–Trinajstić information content (AvgIpc) is 2.27. The second kappa shape index (κ2) is 5.99. The maximum atomic E-state index is 10.5. The van der Waals surface area contributed by atoms with E-state index in [1.807, 2.05) is 6.07 Å². The summed E-state index contributed by atoms with van der Waals surface area (Å²) >= 11 is 5.60. The fourth-order valence-electron chi connectivity index (χ4n) is 1.20. The summed E-state index contributed by atoms with van der Waals surface area (Å²) in [5.74, 6) is 0.278. The number of hydrogen-bond acceptors (Lipinski definition) is 3. The third kappa shape index (κ3) is 3.44. The molecule has 0 aliphatic heterocycles. The summed E-state index contributed by atoms with van der Waals surface area (Å²) in [4.78, 5) is 10.5. The molecule has 0 saturated heterocycles. The molecule has 5 heteroatoms. The maximum absolute atomic E-state index is 10.5. The first-order chi connectivity index (χ1) is 7.67. The molecule has 1 amide bonds. The van der Waals surface area contributed by atoms with Crippen molar-refractivity contribution in [2.24, 2.45) is 5.73 Å². The lowest BCUT2D eigenvalue weighted by molar-refractivity contribution is -0.119. The van der Waals surface area contributed by atoms with E-state index >= 15 is 0 Å². The van der Waals surface area contributed by atoms with Crippen LogP contribution in [-0.2, 0) is 11.2 Å². The highest BCUT2D eigenvalue weighted by Gasteiger charge is 2.06. The lowest BCUT2D eigenvalue weighted by atomic mass is 10.1. The predicted octanol–water partition coefficient (Wildman–Crippen LogP) is 1.20. The molecule has 2 N–H and O–H groups in total. The molecule has 0 heterocycles. The molecule has 0 aliphatic rings. The van der Waals surface area contributed by atoms with Gasteiger partial charge in [-0.3, -0.25) is 4.79 Å². The number of nitriles is 1. The van der Waals surface area contributed by atoms with E-state index in [2.05, 4.69) is 0 Å². The topological polar surface area (TPSA) is 76.1 Å². The van der Waals surface area contributed by atoms with Gasteiger partial charge < -0.3 is 10.5 Å². The number of carbonyl (C=O) groups excluding carboxylic acids is 1. The first kappa shape index (κ1) is 12.3. The van der Waals surface area contributed by atoms with E-state index in [1.165, 1.54) is 0 Å². The lowest BCUT2D eigenvalue weighted by Gasteiger charge is -2.07. The molecule has 84 valence electrons. The number of benzene rings is 1. The van der Waals surface area contributed by atoms with Gasteiger partial charge in [0.2, 0.25) is 0 Å². The van der Waals surface area contributed by atoms with E-state index in [0.717, 1.165) is 5.56 Å². The second-order valence-corrected chi connectivity index (χ2v) is 3.51. The fourth-order valence-corrected chi connectivity index (χ4v) is 1.42. The largest absolute Gasteiger partial charge is 0.482 e. The molecule has 0 fully saturated rings. The molecule has 0 spiro atoms. The number of carbonyl (C=O) groups is 1. The Bertz CT molecular complexity index is 426. The summed E-state index contributed by atoms with van der Waals surface area (Å²) in [6.07, 6.45) is 0.687. The summed E-state index contributed by atoms with van der Waals surface area (Å²) in [6.45, 7) is -0.233. The monoisotopic (exact) mass is 238 g/mol. The van der Waals surface area contributed by atoms with Gasteiger partial charge in [0.15, 0.2) is 6.61 Å². The number of amides is 1. The van der Waals surface area contributed by atoms with Crippen LogP contribution in [-0.4, -0.2) is 18.4 Å². The Hall–Kier alpha value is -1.73. The van der Waals surface area contributed by atoms with E-state index in [-0.39, 0.29) is 6.61 Å². The lowest BCUT2D eigenvalue weighted by Crippen LogP contribution is -2.20. The van der Waals surface area contributed by atoms with Crippen molar-refractivity contribution in [3.05, 3.63) is 29.3 Å². The predicted molar refractivity (Wildman–Crippen MR) is 60.3 cm³/mol. The van der Waals surface area contributed by atoms with Gasteiger partial charge in [-0.15, -0.1) is 11.6 Å². The third-order valence-corrected chi connectivity index (χ3v) is 2.11. The van der Waals surface area contributed by atoms with E-state index < -0.39 is 5.91 Å². The quantitative estimate of drug-likeness (QED) is 0.784. The van der Waals surface area contributed by atoms with Gasteiger partial charge in [0.1, 0.15) is 11.8 Å². The molecule has 1 rings (SSSR count). The highest BCUT2D eigenvalue weighted by atomic mass is 35.5. The highest BCUT2D eigenvalue weighted by molar-refractivity contribution is 6.17. The van der Waals surface area contributed by atoms with Gasteiger partial charge in [0.05, 0.1) is 5.56 Å². The van der Waals surface area contributed by atoms with E-state index in [4.69, 9.17) is 27.3 Å². The number of aryl methyl sites for hydroxylation is 1. The number of ether oxygens (including phenoxy) is 1. The normalized spacial score (nSPS) is 9.50. The Morgan fingerprint density at radius 1 is 1.56 bits per heavy atom. The molecular formula is C11H11ClN2O2. The Morgan fingerprint density at radius 3 is 2.88 bits per heavy atom. The minimum absolute atomic E-state index is 0.233. The molecule has 4 nitrogen and oxygen atoms in total. The molecular weight excluding hydrogens is 228 g/mol. The zero-order chi connectivity index (χ0) is 12.0. The van der Waals surface area contributed by atoms with Crippen LogP contribution >= 0.6 is 11.6 Å². The van der Waals surface area contributed by atoms with Crippen LogP contribution in [0.15, 0.2) is 18.2 Å². The number of alkyl halides is 1. The van der Waals surface area contributed by atoms with Gasteiger partial charge >= 0.3 is 0 Å². The first-order valence-electron chi connectivity index (χ1n) is 4.67. The van der Waals surface area contributed by atoms with Crippen molar-refractivity contribution in [3.63, 3.8) is 0 Å². The smallest absolute Gasteiger partial charge is 0.255 e. The Kier molecular flexibility index (Phi) is 4.62. The van der Waals surface area contributed by atoms with Gasteiger partial charge in [0, 0.05) is 5.88 Å². The van der Waals surface area contributed by atoms with Gasteiger partial charge in [-0.2, -0.15) is 5.26 Å². The Labute approximate surface area is 98.6 Å². The van der Waals surface area contributed by atoms with Crippen LogP contribution in [0.3, 0.4) is 0 Å². The minimum Gasteiger partial charge on any atom is -0.482 e. The van der Waals surface area contributed by atoms with Crippen molar-refractivity contribution in [3.8, 4) is 11.8 Å². The average molecular weight is 239 g/mol. The number of hydrogen-bond donors (Lipinski definition) is 1. The standard InChI is InChI=1S/C11H11ClN2O2/c12-4-3-8-1-2-10(9(5-8)6-13)16-7-11(14)15/h1-2,5H,3-4,7H2,(H2,14,15). The summed E-state index contributed by atoms with van der Waals surface area (Å²) in [5.41, 5.74) is 6.28. The summed E-state index contributed by atoms with van der Waals surface area (Å²) in [6, 6.07) is 7.14. The maximum Gasteiger partial charge on any atom is 0.255 e. The van der Waals surface area contributed by atoms with Crippen molar-refractivity contribution < 1.29 is 9.53 Å². The van der Waals surface area contributed by atoms with Crippen LogP contribution in [0, 0.1) is 11.3 Å². The molecule has 0 aromatic heterocycles. The summed E-state index contributed by atoms with van der Waals surface area (Å²) in [7, 11) is 0. The van der Waals surface area contributed by atoms with Crippen LogP contribution in [0.5, 0.6) is 5.75 Å². The number of halogens is 1. The van der Waals surface area contributed by atoms with Gasteiger partial charge in [0.25, 0.3) is 5.91 Å². The zero-order valence-electron chi connectivity index (χ0n) is 8.57. The SMILES string of the molecule is N#Cc1cc(CCCl)ccc1OCC(N)=O. The number of nitrogens with zero attached hydrogens (tertiary/aromatic N) is 1. The van der Waals surface area contributed by atoms with Crippen LogP contribution in [0.2, 0.25) is 0 Å². The van der Waals surface area contributed by atoms with Crippen LogP contribution in [0.25, 0.3) is 0 Å². The molecule has 0 bridgehead atoms. The fraction of sp³-hybridized carbons (Fsp3) is 0.273. The molecule has 0 unspecified atom stereocenters. The zero-order valence-corrected chi connectivity index (χ0v) is 9.33. The van der Waals surface area contributed by atoms with Crippen LogP contribution < -0.4 is 10.5 Å². The summed E-state index contributed by atoms with van der Waals surface area (Å²) < 4.78 is 5.09. The van der Waals surface area contributed by atoms with Gasteiger partial charge in [-0.05, 0) is 24.1 Å². The van der Waals surface area contributed by atoms with Crippen molar-refractivity contribution in [1.29, 1.82) is 5.26 Å². The van der Waals surface area contributed by atoms with Crippen LogP contribution in [0.4, 0.5) is 0 Å². The third-order valence-electron chi connectivity index (χ3n) is 1.92. The Morgan fingerprint density at radius 2 is 2.31 bits per heavy atom. The Balaban J connectivity index is 2.85. The minimum atomic E-state index is -0.575. The van der Waals surface area contributed by atoms with E-state index in [1.54, 1.807) is 18.2 Å². The van der Waals surface area contributed by atoms with Crippen molar-refractivity contribution in [2.75, 3.05) is 12.5 Å². The first-order valence-corrected chi connectivity index (χ1v) is 5.21. The summed E-state index contributed by atoms with van der Waals surface area (Å²) in [5, 5.41) is 8.90. The van der Waals surface area contributed by atoms with Crippen molar-refractivity contribution >= 4 is 17.5 Å². The van der Waals surface area contributed by atoms with Gasteiger partial charge in [-0.25, -0.2) is 0 Å². The highest BCUT2D eigenvalue weighted by Crippen LogP contribution is 2.19. The van der Waals surface area contributed by atoms with E-state index in [0.29, 0.717) is 23.6 Å². The second-order valence-electron chi connectivity index (χ2n) is 3.14. The molecule has 0 saturated carbocycles. The van der Waals surface area contributed by atoms with E-state index in [9.17, 15) is 4.79 Å². The van der Waals surface area contributed by atoms with Crippen LogP contribution in [0.1, 0.15) is 11.1 Å². The number of rotatable bonds is 5. The molecule has 0 atom stereocenters. The van der Waals surface area contributed by atoms with Crippen molar-refractivity contribution in [1.82, 2.24) is 0 Å². The molecule has 0 radical (unpaired) electrons. The number of primary amides is 1. The van der Waals surface area contributed by atoms with Crippen molar-refractivity contribution in [2.45, 2.75) is 6.42 Å². The van der Waals surface area contributed by atoms with Gasteiger partial charge in [-0.1, -0.05) is 6.07 Å². The molecule has 16 heavy (non-hydrogen) atoms. The molecule has 1 aromatic rings. The molecule has 1 aromatic carbocycles. The molecule has 0 aliphatic carbocycles.